The first-order valence-electron chi connectivity index (χ1n) is 7.99. The van der Waals surface area contributed by atoms with Gasteiger partial charge in [0.15, 0.2) is 0 Å². The number of rotatable bonds is 4. The molecule has 0 aromatic rings. The molecule has 0 nitrogen and oxygen atoms in total. The van der Waals surface area contributed by atoms with E-state index in [1.165, 1.54) is 51.4 Å². The molecule has 0 N–H and O–H groups in total. The Morgan fingerprint density at radius 3 is 2.00 bits per heavy atom. The van der Waals surface area contributed by atoms with Crippen molar-refractivity contribution in [2.45, 2.75) is 77.6 Å². The zero-order chi connectivity index (χ0) is 11.9. The van der Waals surface area contributed by atoms with Crippen LogP contribution >= 0.6 is 0 Å². The molecule has 2 fully saturated rings. The number of hydrogen-bond acceptors (Lipinski definition) is 0. The van der Waals surface area contributed by atoms with Gasteiger partial charge >= 0.3 is 0 Å². The van der Waals surface area contributed by atoms with Crippen LogP contribution in [0.1, 0.15) is 77.6 Å². The maximum Gasteiger partial charge on any atom is -0.0322 e. The summed E-state index contributed by atoms with van der Waals surface area (Å²) in [7, 11) is 0. The van der Waals surface area contributed by atoms with E-state index in [9.17, 15) is 0 Å². The van der Waals surface area contributed by atoms with Crippen molar-refractivity contribution in [1.82, 2.24) is 0 Å². The average Bonchev–Trinajstić information content (AvgIpc) is 2.39. The van der Waals surface area contributed by atoms with Crippen LogP contribution in [0.3, 0.4) is 0 Å². The minimum absolute atomic E-state index is 1.01. The van der Waals surface area contributed by atoms with Crippen molar-refractivity contribution in [3.63, 3.8) is 0 Å². The maximum atomic E-state index is 2.37. The third-order valence-corrected chi connectivity index (χ3v) is 5.06. The van der Waals surface area contributed by atoms with Crippen molar-refractivity contribution in [1.29, 1.82) is 0 Å². The highest BCUT2D eigenvalue weighted by atomic mass is 14.3. The molecule has 2 rings (SSSR count). The molecule has 0 atom stereocenters. The van der Waals surface area contributed by atoms with Gasteiger partial charge < -0.3 is 0 Å². The van der Waals surface area contributed by atoms with Crippen LogP contribution in [0.2, 0.25) is 0 Å². The summed E-state index contributed by atoms with van der Waals surface area (Å²) in [5.41, 5.74) is 0. The second kappa shape index (κ2) is 7.24. The Morgan fingerprint density at radius 1 is 0.765 bits per heavy atom. The van der Waals surface area contributed by atoms with E-state index in [2.05, 4.69) is 19.1 Å². The summed E-state index contributed by atoms with van der Waals surface area (Å²) in [6, 6.07) is 0. The van der Waals surface area contributed by atoms with E-state index < -0.39 is 0 Å². The molecule has 0 bridgehead atoms. The molecule has 98 valence electrons. The Balaban J connectivity index is 1.64. The molecule has 17 heavy (non-hydrogen) atoms. The second-order valence-corrected chi connectivity index (χ2v) is 6.43. The smallest absolute Gasteiger partial charge is 0.0322 e. The van der Waals surface area contributed by atoms with E-state index in [1.807, 2.05) is 0 Å². The fourth-order valence-electron chi connectivity index (χ4n) is 3.93. The lowest BCUT2D eigenvalue weighted by molar-refractivity contribution is 0.212. The largest absolute Gasteiger partial charge is 0.0917 e. The van der Waals surface area contributed by atoms with Crippen molar-refractivity contribution in [3.8, 4) is 0 Å². The van der Waals surface area contributed by atoms with Gasteiger partial charge in [-0.15, -0.1) is 0 Å². The quantitative estimate of drug-likeness (QED) is 0.545. The van der Waals surface area contributed by atoms with Gasteiger partial charge in [0, 0.05) is 0 Å². The first kappa shape index (κ1) is 13.2. The molecular weight excluding hydrogens is 204 g/mol. The standard InChI is InChI=1S/C17H30/c1-2-3-7-15-10-12-17(13-11-15)14-16-8-5-4-6-9-16/h2-3,15-17H,4-14H2,1H3/b3-2+. The molecule has 0 heteroatoms. The molecule has 2 aliphatic rings. The molecule has 0 aromatic carbocycles. The second-order valence-electron chi connectivity index (χ2n) is 6.43. The summed E-state index contributed by atoms with van der Waals surface area (Å²) < 4.78 is 0. The van der Waals surface area contributed by atoms with Crippen molar-refractivity contribution < 1.29 is 0 Å². The van der Waals surface area contributed by atoms with Crippen molar-refractivity contribution in [2.75, 3.05) is 0 Å². The van der Waals surface area contributed by atoms with Gasteiger partial charge in [0.2, 0.25) is 0 Å². The van der Waals surface area contributed by atoms with E-state index in [-0.39, 0.29) is 0 Å². The van der Waals surface area contributed by atoms with E-state index in [0.29, 0.717) is 0 Å². The summed E-state index contributed by atoms with van der Waals surface area (Å²) in [6.45, 7) is 2.15. The molecule has 2 aliphatic carbocycles. The van der Waals surface area contributed by atoms with Gasteiger partial charge in [0.05, 0.1) is 0 Å². The van der Waals surface area contributed by atoms with Crippen LogP contribution in [0, 0.1) is 17.8 Å². The Morgan fingerprint density at radius 2 is 1.35 bits per heavy atom. The predicted molar refractivity (Wildman–Crippen MR) is 76.1 cm³/mol. The topological polar surface area (TPSA) is 0 Å². The predicted octanol–water partition coefficient (Wildman–Crippen LogP) is 5.73. The third-order valence-electron chi connectivity index (χ3n) is 5.06. The highest BCUT2D eigenvalue weighted by Crippen LogP contribution is 2.37. The van der Waals surface area contributed by atoms with E-state index in [4.69, 9.17) is 0 Å². The molecule has 0 radical (unpaired) electrons. The first-order valence-corrected chi connectivity index (χ1v) is 7.99. The fraction of sp³-hybridized carbons (Fsp3) is 0.882. The summed E-state index contributed by atoms with van der Waals surface area (Å²) in [4.78, 5) is 0. The molecule has 0 unspecified atom stereocenters. The molecule has 0 saturated heterocycles. The normalized spacial score (nSPS) is 32.1. The van der Waals surface area contributed by atoms with Crippen molar-refractivity contribution >= 4 is 0 Å². The molecular formula is C17H30. The van der Waals surface area contributed by atoms with Gasteiger partial charge in [-0.3, -0.25) is 0 Å². The van der Waals surface area contributed by atoms with Gasteiger partial charge in [-0.05, 0) is 50.4 Å². The lowest BCUT2D eigenvalue weighted by Gasteiger charge is -2.32. The molecule has 0 amide bonds. The Bertz CT molecular complexity index is 214. The summed E-state index contributed by atoms with van der Waals surface area (Å²) in [5, 5.41) is 0. The molecule has 0 aliphatic heterocycles. The fourth-order valence-corrected chi connectivity index (χ4v) is 3.93. The SMILES string of the molecule is C/C=C/CC1CCC(CC2CCCCC2)CC1. The highest BCUT2D eigenvalue weighted by Gasteiger charge is 2.23. The van der Waals surface area contributed by atoms with Crippen LogP contribution in [-0.2, 0) is 0 Å². The number of allylic oxidation sites excluding steroid dienone is 2. The molecule has 0 heterocycles. The monoisotopic (exact) mass is 234 g/mol. The summed E-state index contributed by atoms with van der Waals surface area (Å²) in [5.74, 6) is 3.19. The van der Waals surface area contributed by atoms with Crippen LogP contribution in [0.4, 0.5) is 0 Å². The maximum absolute atomic E-state index is 2.37. The highest BCUT2D eigenvalue weighted by molar-refractivity contribution is 4.84. The van der Waals surface area contributed by atoms with E-state index >= 15 is 0 Å². The van der Waals surface area contributed by atoms with Crippen LogP contribution in [0.5, 0.6) is 0 Å². The van der Waals surface area contributed by atoms with Gasteiger partial charge in [0.1, 0.15) is 0 Å². The van der Waals surface area contributed by atoms with Crippen molar-refractivity contribution in [2.24, 2.45) is 17.8 Å². The molecule has 2 saturated carbocycles. The summed E-state index contributed by atoms with van der Waals surface area (Å²) in [6.07, 6.45) is 21.2. The Labute approximate surface area is 108 Å². The first-order chi connectivity index (χ1) is 8.38. The van der Waals surface area contributed by atoms with Gasteiger partial charge in [0.25, 0.3) is 0 Å². The van der Waals surface area contributed by atoms with Crippen molar-refractivity contribution in [3.05, 3.63) is 12.2 Å². The lowest BCUT2D eigenvalue weighted by atomic mass is 9.74. The zero-order valence-corrected chi connectivity index (χ0v) is 11.7. The van der Waals surface area contributed by atoms with Crippen LogP contribution in [-0.4, -0.2) is 0 Å². The van der Waals surface area contributed by atoms with Crippen LogP contribution in [0.25, 0.3) is 0 Å². The van der Waals surface area contributed by atoms with Crippen LogP contribution < -0.4 is 0 Å². The van der Waals surface area contributed by atoms with Crippen LogP contribution in [0.15, 0.2) is 12.2 Å². The number of hydrogen-bond donors (Lipinski definition) is 0. The van der Waals surface area contributed by atoms with Gasteiger partial charge in [-0.1, -0.05) is 57.1 Å². The minimum atomic E-state index is 1.01. The average molecular weight is 234 g/mol. The zero-order valence-electron chi connectivity index (χ0n) is 11.7. The van der Waals surface area contributed by atoms with E-state index in [1.54, 1.807) is 19.3 Å². The minimum Gasteiger partial charge on any atom is -0.0917 e. The Hall–Kier alpha value is -0.260. The van der Waals surface area contributed by atoms with Gasteiger partial charge in [-0.25, -0.2) is 0 Å². The van der Waals surface area contributed by atoms with E-state index in [0.717, 1.165) is 17.8 Å². The lowest BCUT2D eigenvalue weighted by Crippen LogP contribution is -2.18. The summed E-state index contributed by atoms with van der Waals surface area (Å²) >= 11 is 0. The molecule has 0 aromatic heterocycles. The third kappa shape index (κ3) is 4.48. The molecule has 0 spiro atoms. The van der Waals surface area contributed by atoms with Gasteiger partial charge in [-0.2, -0.15) is 0 Å². The Kier molecular flexibility index (Phi) is 5.61.